The quantitative estimate of drug-likeness (QED) is 0.934. The number of aromatic nitrogens is 1. The summed E-state index contributed by atoms with van der Waals surface area (Å²) in [6.45, 7) is 1.61. The van der Waals surface area contributed by atoms with E-state index >= 15 is 0 Å². The molecule has 2 rings (SSSR count). The largest absolute Gasteiger partial charge is 0.573 e. The summed E-state index contributed by atoms with van der Waals surface area (Å²) in [5.41, 5.74) is 0.747. The number of nitrogens with zero attached hydrogens (tertiary/aromatic N) is 1. The number of nitrogens with one attached hydrogen (secondary N) is 1. The third-order valence-corrected chi connectivity index (χ3v) is 4.03. The van der Waals surface area contributed by atoms with Gasteiger partial charge >= 0.3 is 6.36 Å². The fourth-order valence-electron chi connectivity index (χ4n) is 1.67. The normalized spacial score (nSPS) is 12.0. The van der Waals surface area contributed by atoms with Crippen LogP contribution in [0.5, 0.6) is 5.75 Å². The minimum atomic E-state index is -4.99. The van der Waals surface area contributed by atoms with E-state index in [1.807, 2.05) is 0 Å². The van der Waals surface area contributed by atoms with Gasteiger partial charge in [-0.25, -0.2) is 8.42 Å². The zero-order chi connectivity index (χ0) is 16.4. The molecular weight excluding hydrogens is 321 g/mol. The van der Waals surface area contributed by atoms with Crippen molar-refractivity contribution in [3.05, 3.63) is 48.3 Å². The van der Waals surface area contributed by atoms with Gasteiger partial charge in [-0.15, -0.1) is 13.2 Å². The molecule has 0 fully saturated rings. The van der Waals surface area contributed by atoms with Crippen molar-refractivity contribution in [3.8, 4) is 5.75 Å². The van der Waals surface area contributed by atoms with Crippen LogP contribution in [0, 0.1) is 6.92 Å². The van der Waals surface area contributed by atoms with Gasteiger partial charge in [0.2, 0.25) is 0 Å². The van der Waals surface area contributed by atoms with E-state index in [0.29, 0.717) is 5.56 Å². The second kappa shape index (κ2) is 5.84. The van der Waals surface area contributed by atoms with Gasteiger partial charge in [0.05, 0.1) is 5.69 Å². The first kappa shape index (κ1) is 16.1. The molecule has 2 aromatic rings. The highest BCUT2D eigenvalue weighted by molar-refractivity contribution is 7.92. The van der Waals surface area contributed by atoms with Gasteiger partial charge in [0.15, 0.2) is 0 Å². The van der Waals surface area contributed by atoms with Crippen LogP contribution in [0.1, 0.15) is 5.56 Å². The van der Waals surface area contributed by atoms with Crippen molar-refractivity contribution in [2.75, 3.05) is 4.72 Å². The van der Waals surface area contributed by atoms with Gasteiger partial charge in [-0.1, -0.05) is 12.1 Å². The summed E-state index contributed by atoms with van der Waals surface area (Å²) in [6, 6.07) is 5.91. The fourth-order valence-corrected chi connectivity index (χ4v) is 2.93. The molecule has 1 aromatic heterocycles. The zero-order valence-electron chi connectivity index (χ0n) is 11.3. The smallest absolute Gasteiger partial charge is 0.404 e. The van der Waals surface area contributed by atoms with Gasteiger partial charge in [-0.05, 0) is 30.7 Å². The summed E-state index contributed by atoms with van der Waals surface area (Å²) in [5, 5.41) is 0. The highest BCUT2D eigenvalue weighted by atomic mass is 32.2. The molecule has 5 nitrogen and oxygen atoms in total. The molecule has 0 atom stereocenters. The Morgan fingerprint density at radius 1 is 1.18 bits per heavy atom. The van der Waals surface area contributed by atoms with Gasteiger partial charge < -0.3 is 4.74 Å². The van der Waals surface area contributed by atoms with Crippen molar-refractivity contribution >= 4 is 15.7 Å². The highest BCUT2D eigenvalue weighted by Crippen LogP contribution is 2.30. The number of benzene rings is 1. The van der Waals surface area contributed by atoms with E-state index in [4.69, 9.17) is 0 Å². The van der Waals surface area contributed by atoms with E-state index in [1.165, 1.54) is 30.6 Å². The Hall–Kier alpha value is -2.29. The van der Waals surface area contributed by atoms with Crippen molar-refractivity contribution in [3.63, 3.8) is 0 Å². The van der Waals surface area contributed by atoms with Crippen LogP contribution >= 0.6 is 0 Å². The number of anilines is 1. The van der Waals surface area contributed by atoms with Crippen molar-refractivity contribution in [1.29, 1.82) is 0 Å². The van der Waals surface area contributed by atoms with E-state index in [1.54, 1.807) is 6.92 Å². The molecular formula is C13H11F3N2O3S. The number of sulfonamides is 1. The van der Waals surface area contributed by atoms with Gasteiger partial charge in [-0.3, -0.25) is 9.71 Å². The monoisotopic (exact) mass is 332 g/mol. The van der Waals surface area contributed by atoms with Crippen LogP contribution in [-0.2, 0) is 10.0 Å². The maximum absolute atomic E-state index is 12.4. The maximum atomic E-state index is 12.4. The van der Waals surface area contributed by atoms with Crippen molar-refractivity contribution in [2.45, 2.75) is 18.2 Å². The molecule has 0 bridgehead atoms. The number of rotatable bonds is 4. The van der Waals surface area contributed by atoms with Crippen LogP contribution in [-0.4, -0.2) is 19.8 Å². The number of hydrogen-bond donors (Lipinski definition) is 1. The van der Waals surface area contributed by atoms with E-state index in [2.05, 4.69) is 14.4 Å². The first-order chi connectivity index (χ1) is 10.2. The van der Waals surface area contributed by atoms with Gasteiger partial charge in [0.25, 0.3) is 10.0 Å². The molecule has 22 heavy (non-hydrogen) atoms. The lowest BCUT2D eigenvalue weighted by atomic mass is 10.3. The van der Waals surface area contributed by atoms with Gasteiger partial charge in [0.1, 0.15) is 10.6 Å². The van der Waals surface area contributed by atoms with Gasteiger partial charge in [-0.2, -0.15) is 0 Å². The number of ether oxygens (including phenoxy) is 1. The molecule has 0 amide bonds. The fraction of sp³-hybridized carbons (Fsp3) is 0.154. The topological polar surface area (TPSA) is 68.3 Å². The number of pyridine rings is 1. The lowest BCUT2D eigenvalue weighted by Gasteiger charge is -2.15. The van der Waals surface area contributed by atoms with Crippen molar-refractivity contribution in [1.82, 2.24) is 4.98 Å². The van der Waals surface area contributed by atoms with Crippen molar-refractivity contribution in [2.24, 2.45) is 0 Å². The Morgan fingerprint density at radius 2 is 1.86 bits per heavy atom. The van der Waals surface area contributed by atoms with Gasteiger partial charge in [0, 0.05) is 12.4 Å². The van der Waals surface area contributed by atoms with Crippen LogP contribution < -0.4 is 9.46 Å². The SMILES string of the molecule is Cc1cnccc1NS(=O)(=O)c1ccccc1OC(F)(F)F. The summed E-state index contributed by atoms with van der Waals surface area (Å²) in [6.07, 6.45) is -2.20. The first-order valence-electron chi connectivity index (χ1n) is 5.97. The molecule has 118 valence electrons. The van der Waals surface area contributed by atoms with Crippen LogP contribution in [0.25, 0.3) is 0 Å². The molecule has 9 heteroatoms. The van der Waals surface area contributed by atoms with Crippen LogP contribution in [0.4, 0.5) is 18.9 Å². The Labute approximate surface area is 124 Å². The summed E-state index contributed by atoms with van der Waals surface area (Å²) in [7, 11) is -4.24. The summed E-state index contributed by atoms with van der Waals surface area (Å²) in [4.78, 5) is 3.20. The molecule has 0 saturated heterocycles. The van der Waals surface area contributed by atoms with Crippen molar-refractivity contribution < 1.29 is 26.3 Å². The number of alkyl halides is 3. The molecule has 1 aromatic carbocycles. The number of halogens is 3. The molecule has 0 spiro atoms. The second-order valence-electron chi connectivity index (χ2n) is 4.29. The lowest BCUT2D eigenvalue weighted by molar-refractivity contribution is -0.275. The third kappa shape index (κ3) is 3.88. The second-order valence-corrected chi connectivity index (χ2v) is 5.94. The predicted octanol–water partition coefficient (Wildman–Crippen LogP) is 3.09. The molecule has 0 aliphatic heterocycles. The summed E-state index contributed by atoms with van der Waals surface area (Å²) >= 11 is 0. The molecule has 0 unspecified atom stereocenters. The maximum Gasteiger partial charge on any atom is 0.573 e. The van der Waals surface area contributed by atoms with Crippen LogP contribution in [0.3, 0.4) is 0 Å². The summed E-state index contributed by atoms with van der Waals surface area (Å²) in [5.74, 6) is -0.797. The standard InChI is InChI=1S/C13H11F3N2O3S/c1-9-8-17-7-6-10(9)18-22(19,20)12-5-3-2-4-11(12)21-13(14,15)16/h2-8H,1H3,(H,17,18). The minimum Gasteiger partial charge on any atom is -0.404 e. The Bertz CT molecular complexity index is 776. The molecule has 0 aliphatic carbocycles. The average molecular weight is 332 g/mol. The predicted molar refractivity (Wildman–Crippen MR) is 72.9 cm³/mol. The molecule has 0 aliphatic rings. The molecule has 1 N–H and O–H groups in total. The Kier molecular flexibility index (Phi) is 4.27. The highest BCUT2D eigenvalue weighted by Gasteiger charge is 2.34. The van der Waals surface area contributed by atoms with E-state index in [9.17, 15) is 21.6 Å². The molecule has 0 saturated carbocycles. The number of hydrogen-bond acceptors (Lipinski definition) is 4. The lowest BCUT2D eigenvalue weighted by Crippen LogP contribution is -2.21. The Balaban J connectivity index is 2.40. The first-order valence-corrected chi connectivity index (χ1v) is 7.45. The molecule has 1 heterocycles. The number of aryl methyl sites for hydroxylation is 1. The van der Waals surface area contributed by atoms with E-state index < -0.39 is 27.0 Å². The zero-order valence-corrected chi connectivity index (χ0v) is 12.1. The van der Waals surface area contributed by atoms with E-state index in [0.717, 1.165) is 12.1 Å². The summed E-state index contributed by atoms with van der Waals surface area (Å²) < 4.78 is 67.6. The molecule has 0 radical (unpaired) electrons. The Morgan fingerprint density at radius 3 is 2.50 bits per heavy atom. The average Bonchev–Trinajstić information content (AvgIpc) is 2.40. The van der Waals surface area contributed by atoms with E-state index in [-0.39, 0.29) is 5.69 Å². The van der Waals surface area contributed by atoms with Crippen LogP contribution in [0.2, 0.25) is 0 Å². The van der Waals surface area contributed by atoms with Crippen LogP contribution in [0.15, 0.2) is 47.6 Å². The third-order valence-electron chi connectivity index (χ3n) is 2.63. The number of para-hydroxylation sites is 1. The minimum absolute atomic E-state index is 0.219.